The fraction of sp³-hybridized carbons (Fsp3) is 1.00. The molecular formula is C10H20N2. The molecule has 2 aliphatic heterocycles. The summed E-state index contributed by atoms with van der Waals surface area (Å²) in [6.45, 7) is 5.03. The minimum absolute atomic E-state index is 0.964. The van der Waals surface area contributed by atoms with Gasteiger partial charge in [0, 0.05) is 0 Å². The second-order valence-electron chi connectivity index (χ2n) is 4.21. The van der Waals surface area contributed by atoms with Gasteiger partial charge in [-0.3, -0.25) is 0 Å². The van der Waals surface area contributed by atoms with Gasteiger partial charge in [-0.05, 0) is 63.7 Å². The predicted octanol–water partition coefficient (Wildman–Crippen LogP) is 0.986. The Bertz CT molecular complexity index is 108. The third kappa shape index (κ3) is 1.99. The minimum atomic E-state index is 0.964. The normalized spacial score (nSPS) is 38.0. The molecule has 0 aliphatic carbocycles. The van der Waals surface area contributed by atoms with E-state index < -0.39 is 0 Å². The third-order valence-electron chi connectivity index (χ3n) is 3.34. The molecule has 0 unspecified atom stereocenters. The number of hydrogen-bond acceptors (Lipinski definition) is 2. The molecule has 2 atom stereocenters. The minimum Gasteiger partial charge on any atom is -0.316 e. The molecule has 70 valence electrons. The van der Waals surface area contributed by atoms with Crippen molar-refractivity contribution < 1.29 is 0 Å². The zero-order chi connectivity index (χ0) is 8.23. The van der Waals surface area contributed by atoms with E-state index in [-0.39, 0.29) is 0 Å². The highest BCUT2D eigenvalue weighted by molar-refractivity contribution is 4.80. The molecule has 2 heteroatoms. The second kappa shape index (κ2) is 4.24. The van der Waals surface area contributed by atoms with Gasteiger partial charge in [-0.1, -0.05) is 0 Å². The summed E-state index contributed by atoms with van der Waals surface area (Å²) in [4.78, 5) is 0. The van der Waals surface area contributed by atoms with Gasteiger partial charge in [0.1, 0.15) is 0 Å². The maximum Gasteiger partial charge on any atom is -0.00174 e. The highest BCUT2D eigenvalue weighted by Gasteiger charge is 2.24. The van der Waals surface area contributed by atoms with Gasteiger partial charge in [0.15, 0.2) is 0 Å². The predicted molar refractivity (Wildman–Crippen MR) is 51.2 cm³/mol. The van der Waals surface area contributed by atoms with Gasteiger partial charge in [-0.25, -0.2) is 0 Å². The first-order chi connectivity index (χ1) is 5.97. The van der Waals surface area contributed by atoms with Crippen LogP contribution >= 0.6 is 0 Å². The summed E-state index contributed by atoms with van der Waals surface area (Å²) in [6.07, 6.45) is 5.70. The molecule has 2 heterocycles. The number of piperidine rings is 2. The lowest BCUT2D eigenvalue weighted by atomic mass is 9.82. The average molecular weight is 168 g/mol. The van der Waals surface area contributed by atoms with Gasteiger partial charge in [0.05, 0.1) is 0 Å². The van der Waals surface area contributed by atoms with Crippen LogP contribution in [0.3, 0.4) is 0 Å². The number of hydrogen-bond donors (Lipinski definition) is 2. The van der Waals surface area contributed by atoms with Crippen molar-refractivity contribution in [2.24, 2.45) is 11.8 Å². The van der Waals surface area contributed by atoms with Crippen LogP contribution in [0.4, 0.5) is 0 Å². The van der Waals surface area contributed by atoms with Gasteiger partial charge in [-0.15, -0.1) is 0 Å². The molecular weight excluding hydrogens is 148 g/mol. The second-order valence-corrected chi connectivity index (χ2v) is 4.21. The van der Waals surface area contributed by atoms with E-state index in [0.717, 1.165) is 11.8 Å². The topological polar surface area (TPSA) is 24.1 Å². The van der Waals surface area contributed by atoms with Crippen molar-refractivity contribution in [3.8, 4) is 0 Å². The lowest BCUT2D eigenvalue weighted by Gasteiger charge is -2.33. The summed E-state index contributed by atoms with van der Waals surface area (Å²) in [6, 6.07) is 0. The maximum absolute atomic E-state index is 3.50. The standard InChI is InChI=1S/C10H20N2/c1-3-9(7-11-5-1)10-4-2-6-12-8-10/h9-12H,1-8H2/t9-,10-/m0/s1. The van der Waals surface area contributed by atoms with Crippen LogP contribution in [0.5, 0.6) is 0 Å². The first-order valence-corrected chi connectivity index (χ1v) is 5.38. The molecule has 0 aromatic heterocycles. The third-order valence-corrected chi connectivity index (χ3v) is 3.34. The van der Waals surface area contributed by atoms with E-state index in [0.29, 0.717) is 0 Å². The van der Waals surface area contributed by atoms with Crippen molar-refractivity contribution in [1.29, 1.82) is 0 Å². The van der Waals surface area contributed by atoms with Crippen LogP contribution in [0.25, 0.3) is 0 Å². The molecule has 0 radical (unpaired) electrons. The Morgan fingerprint density at radius 2 is 1.25 bits per heavy atom. The summed E-state index contributed by atoms with van der Waals surface area (Å²) < 4.78 is 0. The van der Waals surface area contributed by atoms with E-state index in [1.807, 2.05) is 0 Å². The molecule has 2 N–H and O–H groups in total. The van der Waals surface area contributed by atoms with E-state index in [4.69, 9.17) is 0 Å². The lowest BCUT2D eigenvalue weighted by Crippen LogP contribution is -2.40. The SMILES string of the molecule is C1CNC[C@@H]([C@H]2CCCNC2)C1. The first kappa shape index (κ1) is 8.52. The van der Waals surface area contributed by atoms with Crippen LogP contribution in [0.15, 0.2) is 0 Å². The largest absolute Gasteiger partial charge is 0.316 e. The molecule has 0 aromatic rings. The van der Waals surface area contributed by atoms with Gasteiger partial charge in [-0.2, -0.15) is 0 Å². The van der Waals surface area contributed by atoms with Crippen LogP contribution in [0, 0.1) is 11.8 Å². The highest BCUT2D eigenvalue weighted by Crippen LogP contribution is 2.25. The number of nitrogens with one attached hydrogen (secondary N) is 2. The molecule has 2 nitrogen and oxygen atoms in total. The molecule has 0 bridgehead atoms. The zero-order valence-corrected chi connectivity index (χ0v) is 7.81. The summed E-state index contributed by atoms with van der Waals surface area (Å²) in [5.74, 6) is 1.93. The molecule has 12 heavy (non-hydrogen) atoms. The van der Waals surface area contributed by atoms with Crippen molar-refractivity contribution in [3.63, 3.8) is 0 Å². The van der Waals surface area contributed by atoms with Crippen LogP contribution in [0.1, 0.15) is 25.7 Å². The van der Waals surface area contributed by atoms with Crippen LogP contribution < -0.4 is 10.6 Å². The lowest BCUT2D eigenvalue weighted by molar-refractivity contribution is 0.220. The van der Waals surface area contributed by atoms with E-state index in [9.17, 15) is 0 Å². The summed E-state index contributed by atoms with van der Waals surface area (Å²) in [5.41, 5.74) is 0. The van der Waals surface area contributed by atoms with Crippen molar-refractivity contribution in [2.45, 2.75) is 25.7 Å². The Balaban J connectivity index is 1.80. The molecule has 0 saturated carbocycles. The van der Waals surface area contributed by atoms with Crippen LogP contribution in [-0.2, 0) is 0 Å². The van der Waals surface area contributed by atoms with Crippen molar-refractivity contribution in [3.05, 3.63) is 0 Å². The molecule has 0 aromatic carbocycles. The Morgan fingerprint density at radius 3 is 1.58 bits per heavy atom. The zero-order valence-electron chi connectivity index (χ0n) is 7.81. The fourth-order valence-corrected chi connectivity index (χ4v) is 2.56. The van der Waals surface area contributed by atoms with Crippen molar-refractivity contribution in [1.82, 2.24) is 10.6 Å². The van der Waals surface area contributed by atoms with E-state index in [1.165, 1.54) is 51.9 Å². The van der Waals surface area contributed by atoms with E-state index in [1.54, 1.807) is 0 Å². The summed E-state index contributed by atoms with van der Waals surface area (Å²) in [7, 11) is 0. The van der Waals surface area contributed by atoms with Crippen molar-refractivity contribution in [2.75, 3.05) is 26.2 Å². The Hall–Kier alpha value is -0.0800. The monoisotopic (exact) mass is 168 g/mol. The van der Waals surface area contributed by atoms with Crippen LogP contribution in [-0.4, -0.2) is 26.2 Å². The van der Waals surface area contributed by atoms with Gasteiger partial charge >= 0.3 is 0 Å². The Kier molecular flexibility index (Phi) is 3.01. The number of rotatable bonds is 1. The van der Waals surface area contributed by atoms with Gasteiger partial charge in [0.25, 0.3) is 0 Å². The molecule has 2 fully saturated rings. The molecule has 2 saturated heterocycles. The summed E-state index contributed by atoms with van der Waals surface area (Å²) >= 11 is 0. The Morgan fingerprint density at radius 1 is 0.750 bits per heavy atom. The maximum atomic E-state index is 3.50. The average Bonchev–Trinajstić information content (AvgIpc) is 2.21. The van der Waals surface area contributed by atoms with Gasteiger partial charge < -0.3 is 10.6 Å². The molecule has 2 rings (SSSR count). The van der Waals surface area contributed by atoms with E-state index >= 15 is 0 Å². The van der Waals surface area contributed by atoms with Crippen LogP contribution in [0.2, 0.25) is 0 Å². The summed E-state index contributed by atoms with van der Waals surface area (Å²) in [5, 5.41) is 7.01. The molecule has 2 aliphatic rings. The fourth-order valence-electron chi connectivity index (χ4n) is 2.56. The van der Waals surface area contributed by atoms with Crippen molar-refractivity contribution >= 4 is 0 Å². The molecule has 0 amide bonds. The quantitative estimate of drug-likeness (QED) is 0.610. The molecule has 0 spiro atoms. The Labute approximate surface area is 75.1 Å². The highest BCUT2D eigenvalue weighted by atomic mass is 14.9. The van der Waals surface area contributed by atoms with Gasteiger partial charge in [0.2, 0.25) is 0 Å². The van der Waals surface area contributed by atoms with E-state index in [2.05, 4.69) is 10.6 Å². The first-order valence-electron chi connectivity index (χ1n) is 5.38. The smallest absolute Gasteiger partial charge is 0.00174 e.